The second kappa shape index (κ2) is 10.8. The molecule has 2 N–H and O–H groups in total. The molecule has 0 unspecified atom stereocenters. The summed E-state index contributed by atoms with van der Waals surface area (Å²) in [6, 6.07) is 1.85. The molecule has 1 saturated heterocycles. The zero-order valence-electron chi connectivity index (χ0n) is 12.9. The molecule has 18 heavy (non-hydrogen) atoms. The van der Waals surface area contributed by atoms with Crippen molar-refractivity contribution >= 4 is 0 Å². The van der Waals surface area contributed by atoms with Gasteiger partial charge in [-0.1, -0.05) is 58.3 Å². The van der Waals surface area contributed by atoms with Gasteiger partial charge in [0.15, 0.2) is 0 Å². The fraction of sp³-hybridized carbons (Fsp3) is 1.00. The fourth-order valence-electron chi connectivity index (χ4n) is 3.32. The van der Waals surface area contributed by atoms with Crippen LogP contribution in [0.3, 0.4) is 0 Å². The number of unbranched alkanes of at least 4 members (excludes halogenated alkanes) is 8. The fourth-order valence-corrected chi connectivity index (χ4v) is 3.32. The van der Waals surface area contributed by atoms with Gasteiger partial charge in [0.05, 0.1) is 12.1 Å². The summed E-state index contributed by atoms with van der Waals surface area (Å²) in [7, 11) is 0. The molecule has 2 atom stereocenters. The molecule has 0 radical (unpaired) electrons. The van der Waals surface area contributed by atoms with Crippen LogP contribution in [0.15, 0.2) is 0 Å². The maximum Gasteiger partial charge on any atom is 0.0861 e. The van der Waals surface area contributed by atoms with Crippen molar-refractivity contribution in [2.24, 2.45) is 0 Å². The third-order valence-corrected chi connectivity index (χ3v) is 4.51. The SMILES string of the molecule is CCCCCCCCCCC[C@H]1CCC[C@@H](C)[NH2+]1. The van der Waals surface area contributed by atoms with Crippen molar-refractivity contribution in [3.05, 3.63) is 0 Å². The Kier molecular flexibility index (Phi) is 9.65. The first kappa shape index (κ1) is 16.0. The smallest absolute Gasteiger partial charge is 0.0861 e. The molecule has 0 aromatic carbocycles. The molecule has 0 aliphatic carbocycles. The van der Waals surface area contributed by atoms with Gasteiger partial charge in [-0.3, -0.25) is 0 Å². The van der Waals surface area contributed by atoms with E-state index in [1.165, 1.54) is 83.5 Å². The molecule has 0 amide bonds. The highest BCUT2D eigenvalue weighted by molar-refractivity contribution is 4.63. The van der Waals surface area contributed by atoms with Gasteiger partial charge < -0.3 is 5.32 Å². The van der Waals surface area contributed by atoms with Crippen molar-refractivity contribution < 1.29 is 5.32 Å². The minimum atomic E-state index is 0.891. The summed E-state index contributed by atoms with van der Waals surface area (Å²) in [5, 5.41) is 2.63. The second-order valence-corrected chi connectivity index (χ2v) is 6.48. The predicted octanol–water partition coefficient (Wildman–Crippen LogP) is 4.41. The van der Waals surface area contributed by atoms with E-state index in [4.69, 9.17) is 0 Å². The van der Waals surface area contributed by atoms with Crippen LogP contribution in [0.5, 0.6) is 0 Å². The minimum absolute atomic E-state index is 0.891. The molecule has 1 rings (SSSR count). The predicted molar refractivity (Wildman–Crippen MR) is 80.9 cm³/mol. The molecule has 0 saturated carbocycles. The summed E-state index contributed by atoms with van der Waals surface area (Å²) >= 11 is 0. The lowest BCUT2D eigenvalue weighted by atomic mass is 9.95. The van der Waals surface area contributed by atoms with Gasteiger partial charge in [-0.2, -0.15) is 0 Å². The monoisotopic (exact) mass is 254 g/mol. The van der Waals surface area contributed by atoms with Crippen molar-refractivity contribution in [2.45, 2.75) is 109 Å². The quantitative estimate of drug-likeness (QED) is 0.556. The van der Waals surface area contributed by atoms with Crippen molar-refractivity contribution in [1.29, 1.82) is 0 Å². The van der Waals surface area contributed by atoms with Gasteiger partial charge in [-0.05, 0) is 39.0 Å². The molecule has 1 aliphatic rings. The Balaban J connectivity index is 1.80. The van der Waals surface area contributed by atoms with Crippen LogP contribution in [0.1, 0.15) is 97.3 Å². The first-order valence-electron chi connectivity index (χ1n) is 8.68. The normalized spacial score (nSPS) is 24.3. The number of nitrogens with two attached hydrogens (primary N) is 1. The third kappa shape index (κ3) is 8.13. The zero-order valence-corrected chi connectivity index (χ0v) is 12.9. The van der Waals surface area contributed by atoms with E-state index in [-0.39, 0.29) is 0 Å². The van der Waals surface area contributed by atoms with Crippen LogP contribution >= 0.6 is 0 Å². The Bertz CT molecular complexity index is 178. The molecule has 1 aliphatic heterocycles. The van der Waals surface area contributed by atoms with Crippen molar-refractivity contribution in [1.82, 2.24) is 0 Å². The maximum atomic E-state index is 2.63. The molecule has 108 valence electrons. The van der Waals surface area contributed by atoms with E-state index in [0.29, 0.717) is 0 Å². The molecule has 1 heterocycles. The molecule has 1 heteroatoms. The van der Waals surface area contributed by atoms with Crippen LogP contribution in [0.4, 0.5) is 0 Å². The highest BCUT2D eigenvalue weighted by Gasteiger charge is 2.20. The summed E-state index contributed by atoms with van der Waals surface area (Å²) in [6.07, 6.45) is 19.0. The number of rotatable bonds is 10. The van der Waals surface area contributed by atoms with Gasteiger partial charge >= 0.3 is 0 Å². The Labute approximate surface area is 115 Å². The molecule has 0 aromatic rings. The third-order valence-electron chi connectivity index (χ3n) is 4.51. The van der Waals surface area contributed by atoms with E-state index in [1.807, 2.05) is 0 Å². The molecule has 1 fully saturated rings. The molecule has 0 spiro atoms. The van der Waals surface area contributed by atoms with Gasteiger partial charge in [0.25, 0.3) is 0 Å². The van der Waals surface area contributed by atoms with Gasteiger partial charge in [-0.25, -0.2) is 0 Å². The van der Waals surface area contributed by atoms with Crippen LogP contribution in [0.25, 0.3) is 0 Å². The highest BCUT2D eigenvalue weighted by atomic mass is 15.0. The summed E-state index contributed by atoms with van der Waals surface area (Å²) < 4.78 is 0. The standard InChI is InChI=1S/C17H35N/c1-3-4-5-6-7-8-9-10-11-14-17-15-12-13-16(2)18-17/h16-18H,3-15H2,1-2H3/p+1/t16-,17+/m1/s1. The highest BCUT2D eigenvalue weighted by Crippen LogP contribution is 2.14. The Morgan fingerprint density at radius 3 is 2.06 bits per heavy atom. The number of hydrogen-bond acceptors (Lipinski definition) is 0. The lowest BCUT2D eigenvalue weighted by Crippen LogP contribution is -2.95. The average Bonchev–Trinajstić information content (AvgIpc) is 2.37. The maximum absolute atomic E-state index is 2.63. The van der Waals surface area contributed by atoms with Crippen LogP contribution < -0.4 is 5.32 Å². The topological polar surface area (TPSA) is 16.6 Å². The Morgan fingerprint density at radius 1 is 0.833 bits per heavy atom. The molecule has 0 aromatic heterocycles. The van der Waals surface area contributed by atoms with Crippen molar-refractivity contribution in [3.63, 3.8) is 0 Å². The van der Waals surface area contributed by atoms with Crippen LogP contribution in [-0.4, -0.2) is 12.1 Å². The summed E-state index contributed by atoms with van der Waals surface area (Å²) in [6.45, 7) is 4.69. The Morgan fingerprint density at radius 2 is 1.44 bits per heavy atom. The molecule has 0 bridgehead atoms. The largest absolute Gasteiger partial charge is 0.342 e. The van der Waals surface area contributed by atoms with Gasteiger partial charge in [0, 0.05) is 0 Å². The second-order valence-electron chi connectivity index (χ2n) is 6.48. The number of piperidine rings is 1. The summed E-state index contributed by atoms with van der Waals surface area (Å²) in [4.78, 5) is 0. The van der Waals surface area contributed by atoms with Gasteiger partial charge in [0.1, 0.15) is 0 Å². The van der Waals surface area contributed by atoms with Crippen molar-refractivity contribution in [2.75, 3.05) is 0 Å². The first-order chi connectivity index (χ1) is 8.83. The minimum Gasteiger partial charge on any atom is -0.342 e. The zero-order chi connectivity index (χ0) is 13.1. The van der Waals surface area contributed by atoms with Crippen LogP contribution in [0.2, 0.25) is 0 Å². The molecular formula is C17H36N+. The molecule has 1 nitrogen and oxygen atoms in total. The van der Waals surface area contributed by atoms with Gasteiger partial charge in [-0.15, -0.1) is 0 Å². The average molecular weight is 254 g/mol. The summed E-state index contributed by atoms with van der Waals surface area (Å²) in [5.41, 5.74) is 0. The first-order valence-corrected chi connectivity index (χ1v) is 8.68. The van der Waals surface area contributed by atoms with E-state index in [1.54, 1.807) is 0 Å². The molecular weight excluding hydrogens is 218 g/mol. The number of quaternary nitrogens is 1. The summed E-state index contributed by atoms with van der Waals surface area (Å²) in [5.74, 6) is 0. The lowest BCUT2D eigenvalue weighted by molar-refractivity contribution is -0.727. The van der Waals surface area contributed by atoms with E-state index >= 15 is 0 Å². The van der Waals surface area contributed by atoms with E-state index in [9.17, 15) is 0 Å². The van der Waals surface area contributed by atoms with Crippen LogP contribution in [0, 0.1) is 0 Å². The Hall–Kier alpha value is -0.0400. The van der Waals surface area contributed by atoms with Crippen molar-refractivity contribution in [3.8, 4) is 0 Å². The van der Waals surface area contributed by atoms with Crippen LogP contribution in [-0.2, 0) is 0 Å². The van der Waals surface area contributed by atoms with Gasteiger partial charge in [0.2, 0.25) is 0 Å². The van der Waals surface area contributed by atoms with E-state index in [0.717, 1.165) is 12.1 Å². The van der Waals surface area contributed by atoms with E-state index in [2.05, 4.69) is 19.2 Å². The van der Waals surface area contributed by atoms with E-state index < -0.39 is 0 Å². The lowest BCUT2D eigenvalue weighted by Gasteiger charge is -2.25. The number of hydrogen-bond donors (Lipinski definition) is 1.